The first-order valence-electron chi connectivity index (χ1n) is 11.6. The second kappa shape index (κ2) is 11.4. The Morgan fingerprint density at radius 3 is 2.20 bits per heavy atom. The van der Waals surface area contributed by atoms with Crippen LogP contribution in [0.2, 0.25) is 0 Å². The average Bonchev–Trinajstić information content (AvgIpc) is 2.90. The Morgan fingerprint density at radius 1 is 0.886 bits per heavy atom. The summed E-state index contributed by atoms with van der Waals surface area (Å²) >= 11 is 0. The molecule has 1 heterocycles. The quantitative estimate of drug-likeness (QED) is 0.453. The summed E-state index contributed by atoms with van der Waals surface area (Å²) in [5.41, 5.74) is 3.49. The van der Waals surface area contributed by atoms with Gasteiger partial charge >= 0.3 is 0 Å². The number of anilines is 4. The molecule has 4 rings (SSSR count). The molecule has 1 atom stereocenters. The van der Waals surface area contributed by atoms with E-state index in [0.717, 1.165) is 32.0 Å². The molecule has 1 saturated heterocycles. The maximum absolute atomic E-state index is 12.9. The maximum Gasteiger partial charge on any atom is 0.257 e. The molecule has 182 valence electrons. The SMILES string of the molecule is COc1ccc(NC(=O)c2ccccc2NC(C)C(=O)Nc2ccc(N3CCOCC3)cc2)cc1. The van der Waals surface area contributed by atoms with E-state index >= 15 is 0 Å². The molecule has 8 heteroatoms. The van der Waals surface area contributed by atoms with Crippen LogP contribution in [-0.2, 0) is 9.53 Å². The van der Waals surface area contributed by atoms with Gasteiger partial charge < -0.3 is 30.3 Å². The summed E-state index contributed by atoms with van der Waals surface area (Å²) in [7, 11) is 1.59. The van der Waals surface area contributed by atoms with Crippen molar-refractivity contribution in [2.24, 2.45) is 0 Å². The smallest absolute Gasteiger partial charge is 0.257 e. The number of carbonyl (C=O) groups excluding carboxylic acids is 2. The van der Waals surface area contributed by atoms with Crippen molar-refractivity contribution in [2.75, 3.05) is 54.3 Å². The van der Waals surface area contributed by atoms with Crippen LogP contribution in [-0.4, -0.2) is 51.3 Å². The molecular weight excluding hydrogens is 444 g/mol. The Labute approximate surface area is 205 Å². The first-order chi connectivity index (χ1) is 17.0. The summed E-state index contributed by atoms with van der Waals surface area (Å²) in [6, 6.07) is 21.4. The van der Waals surface area contributed by atoms with Crippen LogP contribution in [0.4, 0.5) is 22.7 Å². The number of nitrogens with zero attached hydrogens (tertiary/aromatic N) is 1. The lowest BCUT2D eigenvalue weighted by atomic mass is 10.1. The fourth-order valence-corrected chi connectivity index (χ4v) is 3.81. The van der Waals surface area contributed by atoms with Gasteiger partial charge in [-0.3, -0.25) is 9.59 Å². The number of para-hydroxylation sites is 1. The van der Waals surface area contributed by atoms with Gasteiger partial charge in [-0.05, 0) is 67.6 Å². The van der Waals surface area contributed by atoms with Gasteiger partial charge in [0.1, 0.15) is 11.8 Å². The Kier molecular flexibility index (Phi) is 7.84. The van der Waals surface area contributed by atoms with Crippen molar-refractivity contribution < 1.29 is 19.1 Å². The summed E-state index contributed by atoms with van der Waals surface area (Å²) in [5.74, 6) is 0.236. The van der Waals surface area contributed by atoms with Crippen LogP contribution in [0.3, 0.4) is 0 Å². The van der Waals surface area contributed by atoms with E-state index in [9.17, 15) is 9.59 Å². The summed E-state index contributed by atoms with van der Waals surface area (Å²) < 4.78 is 10.6. The van der Waals surface area contributed by atoms with E-state index in [-0.39, 0.29) is 11.8 Å². The van der Waals surface area contributed by atoms with Crippen LogP contribution >= 0.6 is 0 Å². The molecule has 35 heavy (non-hydrogen) atoms. The van der Waals surface area contributed by atoms with Gasteiger partial charge in [-0.2, -0.15) is 0 Å². The molecule has 3 aromatic rings. The van der Waals surface area contributed by atoms with Gasteiger partial charge in [0, 0.05) is 35.8 Å². The molecule has 0 bridgehead atoms. The van der Waals surface area contributed by atoms with Crippen LogP contribution < -0.4 is 25.6 Å². The monoisotopic (exact) mass is 474 g/mol. The number of nitrogens with one attached hydrogen (secondary N) is 3. The number of morpholine rings is 1. The largest absolute Gasteiger partial charge is 0.497 e. The van der Waals surface area contributed by atoms with E-state index in [0.29, 0.717) is 28.4 Å². The highest BCUT2D eigenvalue weighted by Gasteiger charge is 2.18. The molecule has 1 unspecified atom stereocenters. The first-order valence-corrected chi connectivity index (χ1v) is 11.6. The Hall–Kier alpha value is -4.04. The molecular formula is C27H30N4O4. The molecule has 0 saturated carbocycles. The topological polar surface area (TPSA) is 91.9 Å². The lowest BCUT2D eigenvalue weighted by molar-refractivity contribution is -0.116. The van der Waals surface area contributed by atoms with Crippen LogP contribution in [0.25, 0.3) is 0 Å². The van der Waals surface area contributed by atoms with Gasteiger partial charge in [0.15, 0.2) is 0 Å². The Morgan fingerprint density at radius 2 is 1.51 bits per heavy atom. The number of benzene rings is 3. The van der Waals surface area contributed by atoms with Crippen molar-refractivity contribution in [3.63, 3.8) is 0 Å². The number of ether oxygens (including phenoxy) is 2. The van der Waals surface area contributed by atoms with Crippen LogP contribution in [0, 0.1) is 0 Å². The van der Waals surface area contributed by atoms with E-state index in [1.54, 1.807) is 56.5 Å². The predicted molar refractivity (Wildman–Crippen MR) is 139 cm³/mol. The highest BCUT2D eigenvalue weighted by Crippen LogP contribution is 2.22. The lowest BCUT2D eigenvalue weighted by Crippen LogP contribution is -2.36. The standard InChI is InChI=1S/C27H30N4O4/c1-19(26(32)29-20-7-11-22(12-8-20)31-15-17-35-18-16-31)28-25-6-4-3-5-24(25)27(33)30-21-9-13-23(34-2)14-10-21/h3-14,19,28H,15-18H2,1-2H3,(H,29,32)(H,30,33). The molecule has 1 aliphatic rings. The van der Waals surface area contributed by atoms with E-state index in [4.69, 9.17) is 9.47 Å². The molecule has 0 aliphatic carbocycles. The highest BCUT2D eigenvalue weighted by atomic mass is 16.5. The molecule has 0 aromatic heterocycles. The number of rotatable bonds is 8. The minimum atomic E-state index is -0.566. The number of carbonyl (C=O) groups is 2. The van der Waals surface area contributed by atoms with Crippen LogP contribution in [0.15, 0.2) is 72.8 Å². The molecule has 2 amide bonds. The maximum atomic E-state index is 12.9. The molecule has 1 aliphatic heterocycles. The zero-order chi connectivity index (χ0) is 24.6. The lowest BCUT2D eigenvalue weighted by Gasteiger charge is -2.29. The van der Waals surface area contributed by atoms with E-state index in [2.05, 4.69) is 20.9 Å². The van der Waals surface area contributed by atoms with Crippen LogP contribution in [0.1, 0.15) is 17.3 Å². The molecule has 3 N–H and O–H groups in total. The number of methoxy groups -OCH3 is 1. The molecule has 8 nitrogen and oxygen atoms in total. The molecule has 3 aromatic carbocycles. The summed E-state index contributed by atoms with van der Waals surface area (Å²) in [5, 5.41) is 8.98. The van der Waals surface area contributed by atoms with Gasteiger partial charge in [0.2, 0.25) is 5.91 Å². The minimum absolute atomic E-state index is 0.200. The fraction of sp³-hybridized carbons (Fsp3) is 0.259. The second-order valence-electron chi connectivity index (χ2n) is 8.23. The van der Waals surface area contributed by atoms with E-state index in [1.807, 2.05) is 30.3 Å². The normalized spacial score (nSPS) is 14.1. The van der Waals surface area contributed by atoms with Gasteiger partial charge in [0.25, 0.3) is 5.91 Å². The average molecular weight is 475 g/mol. The van der Waals surface area contributed by atoms with Crippen molar-refractivity contribution in [3.8, 4) is 5.75 Å². The third kappa shape index (κ3) is 6.30. The van der Waals surface area contributed by atoms with Gasteiger partial charge in [-0.25, -0.2) is 0 Å². The molecule has 1 fully saturated rings. The number of hydrogen-bond acceptors (Lipinski definition) is 6. The first kappa shape index (κ1) is 24.1. The van der Waals surface area contributed by atoms with Crippen molar-refractivity contribution in [2.45, 2.75) is 13.0 Å². The third-order valence-electron chi connectivity index (χ3n) is 5.80. The van der Waals surface area contributed by atoms with Crippen LogP contribution in [0.5, 0.6) is 5.75 Å². The second-order valence-corrected chi connectivity index (χ2v) is 8.23. The minimum Gasteiger partial charge on any atom is -0.497 e. The number of hydrogen-bond donors (Lipinski definition) is 3. The summed E-state index contributed by atoms with van der Waals surface area (Å²) in [6.07, 6.45) is 0. The summed E-state index contributed by atoms with van der Waals surface area (Å²) in [6.45, 7) is 4.92. The van der Waals surface area contributed by atoms with Crippen molar-refractivity contribution >= 4 is 34.6 Å². The van der Waals surface area contributed by atoms with E-state index < -0.39 is 6.04 Å². The molecule has 0 spiro atoms. The van der Waals surface area contributed by atoms with Gasteiger partial charge in [0.05, 0.1) is 25.9 Å². The van der Waals surface area contributed by atoms with E-state index in [1.165, 1.54) is 0 Å². The Bertz CT molecular complexity index is 1140. The van der Waals surface area contributed by atoms with Crippen molar-refractivity contribution in [1.29, 1.82) is 0 Å². The van der Waals surface area contributed by atoms with Crippen molar-refractivity contribution in [3.05, 3.63) is 78.4 Å². The fourth-order valence-electron chi connectivity index (χ4n) is 3.81. The zero-order valence-corrected chi connectivity index (χ0v) is 19.9. The van der Waals surface area contributed by atoms with Crippen molar-refractivity contribution in [1.82, 2.24) is 0 Å². The number of amides is 2. The van der Waals surface area contributed by atoms with Gasteiger partial charge in [-0.1, -0.05) is 12.1 Å². The third-order valence-corrected chi connectivity index (χ3v) is 5.80. The van der Waals surface area contributed by atoms with Gasteiger partial charge in [-0.15, -0.1) is 0 Å². The molecule has 0 radical (unpaired) electrons. The Balaban J connectivity index is 1.37. The summed E-state index contributed by atoms with van der Waals surface area (Å²) in [4.78, 5) is 28.0. The zero-order valence-electron chi connectivity index (χ0n) is 19.9. The predicted octanol–water partition coefficient (Wildman–Crippen LogP) is 4.22. The highest BCUT2D eigenvalue weighted by molar-refractivity contribution is 6.08.